The third kappa shape index (κ3) is 2.86. The van der Waals surface area contributed by atoms with Crippen LogP contribution in [-0.2, 0) is 4.79 Å². The summed E-state index contributed by atoms with van der Waals surface area (Å²) in [6.45, 7) is 5.36. The number of carbonyl (C=O) groups excluding carboxylic acids is 1. The van der Waals surface area contributed by atoms with Gasteiger partial charge in [0.15, 0.2) is 5.82 Å². The quantitative estimate of drug-likeness (QED) is 0.617. The molecule has 7 heteroatoms. The number of anilines is 1. The van der Waals surface area contributed by atoms with E-state index in [9.17, 15) is 9.59 Å². The molecule has 1 aromatic rings. The molecule has 1 amide bonds. The van der Waals surface area contributed by atoms with Crippen molar-refractivity contribution in [1.82, 2.24) is 10.2 Å². The van der Waals surface area contributed by atoms with E-state index < -0.39 is 17.9 Å². The van der Waals surface area contributed by atoms with Crippen LogP contribution in [0.25, 0.3) is 0 Å². The second-order valence-corrected chi connectivity index (χ2v) is 4.28. The molecule has 1 heterocycles. The van der Waals surface area contributed by atoms with Crippen molar-refractivity contribution in [3.05, 3.63) is 11.3 Å². The molecular formula is C11H18N4O3. The SMILES string of the molecule is CCC(C)[C@H](N)C(=O)Nc1n[nH]c(C)c1C(=O)O. The Labute approximate surface area is 105 Å². The van der Waals surface area contributed by atoms with Gasteiger partial charge in [0.1, 0.15) is 5.56 Å². The second-order valence-electron chi connectivity index (χ2n) is 4.28. The summed E-state index contributed by atoms with van der Waals surface area (Å²) in [6.07, 6.45) is 0.764. The van der Waals surface area contributed by atoms with E-state index in [1.54, 1.807) is 6.92 Å². The lowest BCUT2D eigenvalue weighted by Crippen LogP contribution is -2.41. The zero-order chi connectivity index (χ0) is 13.9. The maximum Gasteiger partial charge on any atom is 0.341 e. The van der Waals surface area contributed by atoms with Crippen molar-refractivity contribution >= 4 is 17.7 Å². The number of hydrogen-bond donors (Lipinski definition) is 4. The standard InChI is InChI=1S/C11H18N4O3/c1-4-5(2)8(12)10(16)13-9-7(11(17)18)6(3)14-15-9/h5,8H,4,12H2,1-3H3,(H,17,18)(H2,13,14,15,16)/t5?,8-/m0/s1. The molecule has 100 valence electrons. The number of nitrogens with one attached hydrogen (secondary N) is 2. The molecule has 5 N–H and O–H groups in total. The van der Waals surface area contributed by atoms with Crippen LogP contribution >= 0.6 is 0 Å². The molecule has 0 saturated heterocycles. The zero-order valence-corrected chi connectivity index (χ0v) is 10.7. The van der Waals surface area contributed by atoms with Gasteiger partial charge in [-0.2, -0.15) is 5.10 Å². The summed E-state index contributed by atoms with van der Waals surface area (Å²) in [6, 6.07) is -0.686. The molecule has 0 aromatic carbocycles. The van der Waals surface area contributed by atoms with Crippen molar-refractivity contribution in [1.29, 1.82) is 0 Å². The molecule has 0 aliphatic carbocycles. The number of nitrogens with two attached hydrogens (primary N) is 1. The Morgan fingerprint density at radius 1 is 1.56 bits per heavy atom. The van der Waals surface area contributed by atoms with Crippen LogP contribution in [0.2, 0.25) is 0 Å². The molecule has 1 unspecified atom stereocenters. The van der Waals surface area contributed by atoms with Crippen LogP contribution in [0.1, 0.15) is 36.3 Å². The molecular weight excluding hydrogens is 236 g/mol. The first-order chi connectivity index (χ1) is 8.38. The van der Waals surface area contributed by atoms with Crippen LogP contribution in [0.15, 0.2) is 0 Å². The van der Waals surface area contributed by atoms with Crippen LogP contribution in [0.4, 0.5) is 5.82 Å². The highest BCUT2D eigenvalue weighted by Gasteiger charge is 2.24. The number of carboxylic acids is 1. The number of rotatable bonds is 5. The fraction of sp³-hybridized carbons (Fsp3) is 0.545. The van der Waals surface area contributed by atoms with Crippen molar-refractivity contribution < 1.29 is 14.7 Å². The summed E-state index contributed by atoms with van der Waals surface area (Å²) in [5, 5.41) is 17.7. The lowest BCUT2D eigenvalue weighted by atomic mass is 9.99. The predicted octanol–water partition coefficient (Wildman–Crippen LogP) is 0.728. The van der Waals surface area contributed by atoms with E-state index >= 15 is 0 Å². The molecule has 0 bridgehead atoms. The Bertz CT molecular complexity index is 455. The first-order valence-corrected chi connectivity index (χ1v) is 5.73. The lowest BCUT2D eigenvalue weighted by molar-refractivity contribution is -0.118. The van der Waals surface area contributed by atoms with Crippen LogP contribution in [0.3, 0.4) is 0 Å². The molecule has 1 aromatic heterocycles. The molecule has 0 spiro atoms. The number of aryl methyl sites for hydroxylation is 1. The first-order valence-electron chi connectivity index (χ1n) is 5.73. The predicted molar refractivity (Wildman–Crippen MR) is 66.3 cm³/mol. The summed E-state index contributed by atoms with van der Waals surface area (Å²) in [7, 11) is 0. The molecule has 0 fully saturated rings. The van der Waals surface area contributed by atoms with Crippen LogP contribution in [0, 0.1) is 12.8 Å². The third-order valence-electron chi connectivity index (χ3n) is 2.96. The number of H-pyrrole nitrogens is 1. The number of amides is 1. The second kappa shape index (κ2) is 5.63. The minimum atomic E-state index is -1.14. The van der Waals surface area contributed by atoms with Gasteiger partial charge in [0.05, 0.1) is 6.04 Å². The molecule has 0 saturated carbocycles. The fourth-order valence-corrected chi connectivity index (χ4v) is 1.49. The summed E-state index contributed by atoms with van der Waals surface area (Å²) in [5.74, 6) is -1.56. The van der Waals surface area contributed by atoms with Crippen molar-refractivity contribution in [2.75, 3.05) is 5.32 Å². The van der Waals surface area contributed by atoms with Crippen molar-refractivity contribution in [3.63, 3.8) is 0 Å². The van der Waals surface area contributed by atoms with E-state index in [4.69, 9.17) is 10.8 Å². The van der Waals surface area contributed by atoms with Gasteiger partial charge in [0.2, 0.25) is 5.91 Å². The molecule has 7 nitrogen and oxygen atoms in total. The highest BCUT2D eigenvalue weighted by atomic mass is 16.4. The molecule has 0 radical (unpaired) electrons. The highest BCUT2D eigenvalue weighted by Crippen LogP contribution is 2.16. The molecule has 0 aliphatic heterocycles. The first kappa shape index (κ1) is 14.2. The smallest absolute Gasteiger partial charge is 0.341 e. The monoisotopic (exact) mass is 254 g/mol. The van der Waals surface area contributed by atoms with E-state index in [1.165, 1.54) is 0 Å². The summed E-state index contributed by atoms with van der Waals surface area (Å²) < 4.78 is 0. The number of aromatic nitrogens is 2. The molecule has 2 atom stereocenters. The Balaban J connectivity index is 2.86. The summed E-state index contributed by atoms with van der Waals surface area (Å²) in [4.78, 5) is 22.8. The van der Waals surface area contributed by atoms with Gasteiger partial charge in [-0.05, 0) is 12.8 Å². The number of carbonyl (C=O) groups is 2. The van der Waals surface area contributed by atoms with E-state index in [1.807, 2.05) is 13.8 Å². The van der Waals surface area contributed by atoms with Gasteiger partial charge >= 0.3 is 5.97 Å². The maximum atomic E-state index is 11.8. The largest absolute Gasteiger partial charge is 0.477 e. The fourth-order valence-electron chi connectivity index (χ4n) is 1.49. The Hall–Kier alpha value is -1.89. The third-order valence-corrected chi connectivity index (χ3v) is 2.96. The van der Waals surface area contributed by atoms with Crippen LogP contribution in [0.5, 0.6) is 0 Å². The van der Waals surface area contributed by atoms with Crippen molar-refractivity contribution in [3.8, 4) is 0 Å². The van der Waals surface area contributed by atoms with Gasteiger partial charge in [-0.25, -0.2) is 4.79 Å². The number of aromatic amines is 1. The number of aromatic carboxylic acids is 1. The molecule has 0 aliphatic rings. The summed E-state index contributed by atoms with van der Waals surface area (Å²) >= 11 is 0. The highest BCUT2D eigenvalue weighted by molar-refractivity contribution is 6.01. The van der Waals surface area contributed by atoms with Crippen molar-refractivity contribution in [2.45, 2.75) is 33.2 Å². The Morgan fingerprint density at radius 2 is 2.17 bits per heavy atom. The van der Waals surface area contributed by atoms with E-state index in [-0.39, 0.29) is 17.3 Å². The Morgan fingerprint density at radius 3 is 2.67 bits per heavy atom. The number of nitrogens with zero attached hydrogens (tertiary/aromatic N) is 1. The van der Waals surface area contributed by atoms with Crippen LogP contribution in [-0.4, -0.2) is 33.2 Å². The minimum Gasteiger partial charge on any atom is -0.477 e. The Kier molecular flexibility index (Phi) is 4.43. The minimum absolute atomic E-state index is 0.00348. The van der Waals surface area contributed by atoms with Gasteiger partial charge in [-0.15, -0.1) is 0 Å². The molecule has 1 rings (SSSR count). The maximum absolute atomic E-state index is 11.8. The van der Waals surface area contributed by atoms with E-state index in [0.29, 0.717) is 5.69 Å². The zero-order valence-electron chi connectivity index (χ0n) is 10.7. The van der Waals surface area contributed by atoms with Gasteiger partial charge in [0, 0.05) is 5.69 Å². The lowest BCUT2D eigenvalue weighted by Gasteiger charge is -2.16. The van der Waals surface area contributed by atoms with Crippen molar-refractivity contribution in [2.24, 2.45) is 11.7 Å². The van der Waals surface area contributed by atoms with Gasteiger partial charge in [0.25, 0.3) is 0 Å². The normalized spacial score (nSPS) is 14.0. The van der Waals surface area contributed by atoms with E-state index in [2.05, 4.69) is 15.5 Å². The van der Waals surface area contributed by atoms with Crippen LogP contribution < -0.4 is 11.1 Å². The van der Waals surface area contributed by atoms with Gasteiger partial charge in [-0.1, -0.05) is 20.3 Å². The average molecular weight is 254 g/mol. The number of carboxylic acid groups (broad SMARTS) is 1. The van der Waals surface area contributed by atoms with E-state index in [0.717, 1.165) is 6.42 Å². The average Bonchev–Trinajstić information content (AvgIpc) is 2.68. The van der Waals surface area contributed by atoms with Gasteiger partial charge < -0.3 is 16.2 Å². The van der Waals surface area contributed by atoms with Gasteiger partial charge in [-0.3, -0.25) is 9.89 Å². The molecule has 18 heavy (non-hydrogen) atoms. The summed E-state index contributed by atoms with van der Waals surface area (Å²) in [5.41, 5.74) is 6.10. The number of hydrogen-bond acceptors (Lipinski definition) is 4. The topological polar surface area (TPSA) is 121 Å².